The number of rotatable bonds is 3. The molecule has 0 bridgehead atoms. The van der Waals surface area contributed by atoms with Gasteiger partial charge in [0.15, 0.2) is 11.5 Å². The lowest BCUT2D eigenvalue weighted by Crippen LogP contribution is -2.15. The van der Waals surface area contributed by atoms with Gasteiger partial charge in [0.1, 0.15) is 0 Å². The van der Waals surface area contributed by atoms with Gasteiger partial charge in [0.25, 0.3) is 0 Å². The van der Waals surface area contributed by atoms with Gasteiger partial charge in [0, 0.05) is 39.4 Å². The highest BCUT2D eigenvalue weighted by Crippen LogP contribution is 2.50. The maximum absolute atomic E-state index is 6.28. The van der Waals surface area contributed by atoms with Crippen molar-refractivity contribution in [1.29, 1.82) is 0 Å². The van der Waals surface area contributed by atoms with Crippen LogP contribution < -0.4 is 9.64 Å². The highest BCUT2D eigenvalue weighted by molar-refractivity contribution is 6.18. The van der Waals surface area contributed by atoms with Crippen LogP contribution in [0.4, 0.5) is 17.1 Å². The first-order valence-corrected chi connectivity index (χ1v) is 14.2. The van der Waals surface area contributed by atoms with Crippen molar-refractivity contribution in [1.82, 2.24) is 9.13 Å². The van der Waals surface area contributed by atoms with Crippen molar-refractivity contribution >= 4 is 49.8 Å². The van der Waals surface area contributed by atoms with E-state index in [1.165, 1.54) is 32.7 Å². The van der Waals surface area contributed by atoms with Gasteiger partial charge in [-0.1, -0.05) is 72.8 Å². The van der Waals surface area contributed by atoms with E-state index in [-0.39, 0.29) is 0 Å². The van der Waals surface area contributed by atoms with Gasteiger partial charge in [-0.15, -0.1) is 0 Å². The lowest BCUT2D eigenvalue weighted by molar-refractivity contribution is 0.477. The minimum absolute atomic E-state index is 0.849. The van der Waals surface area contributed by atoms with E-state index in [4.69, 9.17) is 4.74 Å². The van der Waals surface area contributed by atoms with Crippen LogP contribution in [0.5, 0.6) is 11.5 Å². The fourth-order valence-electron chi connectivity index (χ4n) is 6.51. The number of ether oxygens (including phenoxy) is 1. The van der Waals surface area contributed by atoms with Crippen LogP contribution in [-0.4, -0.2) is 9.13 Å². The van der Waals surface area contributed by atoms with Crippen molar-refractivity contribution in [2.45, 2.75) is 0 Å². The number of fused-ring (bicyclic) bond motifs is 7. The van der Waals surface area contributed by atoms with E-state index < -0.39 is 0 Å². The Balaban J connectivity index is 1.31. The minimum atomic E-state index is 0.849. The Kier molecular flexibility index (Phi) is 4.87. The maximum Gasteiger partial charge on any atom is 0.151 e. The molecule has 0 saturated heterocycles. The van der Waals surface area contributed by atoms with Crippen molar-refractivity contribution in [2.75, 3.05) is 4.90 Å². The molecule has 4 heteroatoms. The SMILES string of the molecule is c1ccc(-n2ccc3c2ccc2c4ccccc4n(-c4cccc(N5c6ccccc6Oc6ccccc65)c4)c23)cc1. The molecule has 9 rings (SSSR count). The van der Waals surface area contributed by atoms with Gasteiger partial charge in [-0.3, -0.25) is 0 Å². The summed E-state index contributed by atoms with van der Waals surface area (Å²) in [5.74, 6) is 1.70. The molecule has 198 valence electrons. The molecular formula is C38H25N3O. The summed E-state index contributed by atoms with van der Waals surface area (Å²) in [6.45, 7) is 0. The molecule has 0 saturated carbocycles. The van der Waals surface area contributed by atoms with Gasteiger partial charge >= 0.3 is 0 Å². The monoisotopic (exact) mass is 539 g/mol. The van der Waals surface area contributed by atoms with E-state index in [2.05, 4.69) is 142 Å². The molecule has 0 amide bonds. The molecule has 42 heavy (non-hydrogen) atoms. The van der Waals surface area contributed by atoms with Gasteiger partial charge in [-0.25, -0.2) is 0 Å². The normalized spacial score (nSPS) is 12.4. The Morgan fingerprint density at radius 3 is 1.90 bits per heavy atom. The van der Waals surface area contributed by atoms with Gasteiger partial charge in [-0.05, 0) is 72.8 Å². The predicted octanol–water partition coefficient (Wildman–Crippen LogP) is 10.3. The summed E-state index contributed by atoms with van der Waals surface area (Å²) in [6, 6.07) is 51.3. The summed E-state index contributed by atoms with van der Waals surface area (Å²) in [4.78, 5) is 2.30. The molecule has 6 aromatic carbocycles. The van der Waals surface area contributed by atoms with Gasteiger partial charge in [0.05, 0.1) is 27.9 Å². The second-order valence-corrected chi connectivity index (χ2v) is 10.7. The van der Waals surface area contributed by atoms with Crippen LogP contribution in [0.2, 0.25) is 0 Å². The number of hydrogen-bond donors (Lipinski definition) is 0. The van der Waals surface area contributed by atoms with Crippen molar-refractivity contribution in [2.24, 2.45) is 0 Å². The van der Waals surface area contributed by atoms with E-state index in [0.29, 0.717) is 0 Å². The second-order valence-electron chi connectivity index (χ2n) is 10.7. The van der Waals surface area contributed by atoms with Crippen LogP contribution in [-0.2, 0) is 0 Å². The smallest absolute Gasteiger partial charge is 0.151 e. The molecule has 0 fully saturated rings. The van der Waals surface area contributed by atoms with E-state index in [0.717, 1.165) is 39.9 Å². The fourth-order valence-corrected chi connectivity index (χ4v) is 6.51. The van der Waals surface area contributed by atoms with Crippen molar-refractivity contribution in [3.05, 3.63) is 152 Å². The van der Waals surface area contributed by atoms with Crippen LogP contribution in [0, 0.1) is 0 Å². The molecule has 1 aliphatic rings. The molecule has 1 aliphatic heterocycles. The van der Waals surface area contributed by atoms with Crippen molar-refractivity contribution in [3.63, 3.8) is 0 Å². The molecule has 0 unspecified atom stereocenters. The Morgan fingerprint density at radius 1 is 0.429 bits per heavy atom. The zero-order chi connectivity index (χ0) is 27.6. The summed E-state index contributed by atoms with van der Waals surface area (Å²) in [7, 11) is 0. The zero-order valence-corrected chi connectivity index (χ0v) is 22.7. The third-order valence-electron chi connectivity index (χ3n) is 8.32. The zero-order valence-electron chi connectivity index (χ0n) is 22.7. The topological polar surface area (TPSA) is 22.3 Å². The maximum atomic E-state index is 6.28. The number of para-hydroxylation sites is 6. The predicted molar refractivity (Wildman–Crippen MR) is 172 cm³/mol. The van der Waals surface area contributed by atoms with Gasteiger partial charge in [0.2, 0.25) is 0 Å². The van der Waals surface area contributed by atoms with Crippen LogP contribution in [0.3, 0.4) is 0 Å². The first-order valence-electron chi connectivity index (χ1n) is 14.2. The molecule has 4 nitrogen and oxygen atoms in total. The quantitative estimate of drug-likeness (QED) is 0.223. The number of hydrogen-bond acceptors (Lipinski definition) is 2. The first kappa shape index (κ1) is 23.0. The van der Waals surface area contributed by atoms with Crippen LogP contribution in [0.1, 0.15) is 0 Å². The molecular weight excluding hydrogens is 514 g/mol. The Morgan fingerprint density at radius 2 is 1.10 bits per heavy atom. The Bertz CT molecular complexity index is 2250. The molecule has 2 aromatic heterocycles. The summed E-state index contributed by atoms with van der Waals surface area (Å²) >= 11 is 0. The molecule has 0 spiro atoms. The highest BCUT2D eigenvalue weighted by atomic mass is 16.5. The van der Waals surface area contributed by atoms with Gasteiger partial charge < -0.3 is 18.8 Å². The average Bonchev–Trinajstić information content (AvgIpc) is 3.64. The van der Waals surface area contributed by atoms with Crippen molar-refractivity contribution < 1.29 is 4.74 Å². The summed E-state index contributed by atoms with van der Waals surface area (Å²) in [5, 5.41) is 3.71. The molecule has 8 aromatic rings. The molecule has 3 heterocycles. The van der Waals surface area contributed by atoms with Crippen molar-refractivity contribution in [3.8, 4) is 22.9 Å². The minimum Gasteiger partial charge on any atom is -0.453 e. The van der Waals surface area contributed by atoms with Crippen LogP contribution in [0.25, 0.3) is 44.1 Å². The number of aromatic nitrogens is 2. The Hall–Kier alpha value is -5.74. The molecule has 0 atom stereocenters. The highest BCUT2D eigenvalue weighted by Gasteiger charge is 2.26. The summed E-state index contributed by atoms with van der Waals surface area (Å²) < 4.78 is 11.0. The average molecular weight is 540 g/mol. The first-order chi connectivity index (χ1) is 20.8. The largest absolute Gasteiger partial charge is 0.453 e. The third-order valence-corrected chi connectivity index (χ3v) is 8.32. The van der Waals surface area contributed by atoms with Crippen LogP contribution >= 0.6 is 0 Å². The summed E-state index contributed by atoms with van der Waals surface area (Å²) in [6.07, 6.45) is 2.18. The number of benzene rings is 6. The number of anilines is 3. The third kappa shape index (κ3) is 3.29. The van der Waals surface area contributed by atoms with E-state index in [9.17, 15) is 0 Å². The lowest BCUT2D eigenvalue weighted by atomic mass is 10.1. The molecule has 0 aliphatic carbocycles. The van der Waals surface area contributed by atoms with Crippen LogP contribution in [0.15, 0.2) is 152 Å². The lowest BCUT2D eigenvalue weighted by Gasteiger charge is -2.33. The molecule has 0 N–H and O–H groups in total. The summed E-state index contributed by atoms with van der Waals surface area (Å²) in [5.41, 5.74) is 8.98. The number of nitrogens with zero attached hydrogens (tertiary/aromatic N) is 3. The van der Waals surface area contributed by atoms with Gasteiger partial charge in [-0.2, -0.15) is 0 Å². The fraction of sp³-hybridized carbons (Fsp3) is 0. The molecule has 0 radical (unpaired) electrons. The standard InChI is InChI=1S/C38H25N3O/c1-2-11-26(12-3-1)39-24-23-31-32(39)22-21-30-29-15-4-5-16-33(29)41(38(30)31)28-14-10-13-27(25-28)40-34-17-6-8-19-36(34)42-37-20-9-7-18-35(37)40/h1-25H. The second kappa shape index (κ2) is 8.88. The Labute approximate surface area is 242 Å². The van der Waals surface area contributed by atoms with E-state index >= 15 is 0 Å². The van der Waals surface area contributed by atoms with E-state index in [1.807, 2.05) is 24.3 Å². The van der Waals surface area contributed by atoms with E-state index in [1.54, 1.807) is 0 Å².